The lowest BCUT2D eigenvalue weighted by Gasteiger charge is -2.37. The highest BCUT2D eigenvalue weighted by atomic mass is 16.5. The monoisotopic (exact) mass is 515 g/mol. The first-order chi connectivity index (χ1) is 18.1. The zero-order valence-electron chi connectivity index (χ0n) is 22.2. The third-order valence-electron chi connectivity index (χ3n) is 6.80. The van der Waals surface area contributed by atoms with Crippen LogP contribution in [-0.4, -0.2) is 46.3 Å². The van der Waals surface area contributed by atoms with E-state index in [1.807, 2.05) is 57.2 Å². The molecule has 0 bridgehead atoms. The van der Waals surface area contributed by atoms with E-state index in [1.54, 1.807) is 23.7 Å². The number of hydrogen-bond acceptors (Lipinski definition) is 6. The van der Waals surface area contributed by atoms with Crippen molar-refractivity contribution in [2.24, 2.45) is 11.3 Å². The average Bonchev–Trinajstić information content (AvgIpc) is 3.22. The molecule has 0 saturated heterocycles. The van der Waals surface area contributed by atoms with Crippen LogP contribution in [0.25, 0.3) is 10.9 Å². The Bertz CT molecular complexity index is 1370. The van der Waals surface area contributed by atoms with E-state index in [-0.39, 0.29) is 29.5 Å². The molecule has 1 aliphatic carbocycles. The van der Waals surface area contributed by atoms with Gasteiger partial charge in [-0.2, -0.15) is 10.4 Å². The number of esters is 1. The summed E-state index contributed by atoms with van der Waals surface area (Å²) in [7, 11) is 0. The lowest BCUT2D eigenvalue weighted by molar-refractivity contribution is -0.152. The number of para-hydroxylation sites is 1. The van der Waals surface area contributed by atoms with Crippen LogP contribution >= 0.6 is 0 Å². The number of ether oxygens (including phenoxy) is 1. The van der Waals surface area contributed by atoms with Gasteiger partial charge < -0.3 is 15.4 Å². The van der Waals surface area contributed by atoms with E-state index >= 15 is 0 Å². The fraction of sp³-hybridized carbons (Fsp3) is 0.414. The summed E-state index contributed by atoms with van der Waals surface area (Å²) in [4.78, 5) is 38.6. The predicted octanol–water partition coefficient (Wildman–Crippen LogP) is 3.56. The van der Waals surface area contributed by atoms with E-state index in [0.717, 1.165) is 11.1 Å². The lowest BCUT2D eigenvalue weighted by Crippen LogP contribution is -2.57. The zero-order valence-corrected chi connectivity index (χ0v) is 22.2. The summed E-state index contributed by atoms with van der Waals surface area (Å²) in [5.74, 6) is -1.16. The van der Waals surface area contributed by atoms with E-state index in [1.165, 1.54) is 0 Å². The number of benzene rings is 2. The number of carbonyl (C=O) groups is 3. The van der Waals surface area contributed by atoms with Gasteiger partial charge in [0.15, 0.2) is 5.69 Å². The van der Waals surface area contributed by atoms with Crippen molar-refractivity contribution >= 4 is 28.7 Å². The molecular weight excluding hydrogens is 482 g/mol. The molecule has 1 aromatic heterocycles. The maximum absolute atomic E-state index is 13.5. The Morgan fingerprint density at radius 3 is 2.45 bits per heavy atom. The van der Waals surface area contributed by atoms with Crippen LogP contribution in [-0.2, 0) is 20.9 Å². The Labute approximate surface area is 222 Å². The number of nitrogens with one attached hydrogen (secondary N) is 2. The second kappa shape index (κ2) is 11.1. The van der Waals surface area contributed by atoms with Gasteiger partial charge in [0.1, 0.15) is 6.04 Å². The molecule has 4 rings (SSSR count). The number of aromatic nitrogens is 2. The van der Waals surface area contributed by atoms with Crippen molar-refractivity contribution in [2.75, 3.05) is 6.61 Å². The first-order valence-corrected chi connectivity index (χ1v) is 12.8. The minimum Gasteiger partial charge on any atom is -0.466 e. The van der Waals surface area contributed by atoms with E-state index in [9.17, 15) is 14.4 Å². The molecule has 38 heavy (non-hydrogen) atoms. The SMILES string of the molecule is CCOC(=O)C1CC(NC(=O)[C@@H](NC(=O)c2nn(Cc3ccc(C#N)cc3)c3ccccc23)C(C)(C)C)C1. The molecule has 0 spiro atoms. The highest BCUT2D eigenvalue weighted by Gasteiger charge is 2.40. The van der Waals surface area contributed by atoms with Gasteiger partial charge in [0, 0.05) is 11.4 Å². The third-order valence-corrected chi connectivity index (χ3v) is 6.80. The molecule has 1 fully saturated rings. The molecule has 1 aliphatic rings. The Kier molecular flexibility index (Phi) is 7.81. The number of nitrogens with zero attached hydrogens (tertiary/aromatic N) is 3. The fourth-order valence-corrected chi connectivity index (χ4v) is 4.62. The minimum atomic E-state index is -0.806. The smallest absolute Gasteiger partial charge is 0.309 e. The van der Waals surface area contributed by atoms with Crippen molar-refractivity contribution in [2.45, 2.75) is 59.2 Å². The van der Waals surface area contributed by atoms with Crippen molar-refractivity contribution in [3.05, 3.63) is 65.4 Å². The fourth-order valence-electron chi connectivity index (χ4n) is 4.62. The Hall–Kier alpha value is -4.19. The normalized spacial score (nSPS) is 17.7. The summed E-state index contributed by atoms with van der Waals surface area (Å²) in [5.41, 5.74) is 1.98. The molecule has 2 aromatic carbocycles. The molecule has 0 radical (unpaired) electrons. The maximum atomic E-state index is 13.5. The topological polar surface area (TPSA) is 126 Å². The third kappa shape index (κ3) is 5.86. The van der Waals surface area contributed by atoms with Gasteiger partial charge >= 0.3 is 5.97 Å². The molecule has 9 heteroatoms. The summed E-state index contributed by atoms with van der Waals surface area (Å²) in [6.45, 7) is 8.20. The van der Waals surface area contributed by atoms with Crippen molar-refractivity contribution in [1.29, 1.82) is 5.26 Å². The van der Waals surface area contributed by atoms with Crippen LogP contribution in [0.1, 0.15) is 62.2 Å². The second-order valence-corrected chi connectivity index (χ2v) is 10.7. The molecular formula is C29H33N5O4. The van der Waals surface area contributed by atoms with Gasteiger partial charge in [-0.25, -0.2) is 0 Å². The van der Waals surface area contributed by atoms with Crippen LogP contribution in [0.2, 0.25) is 0 Å². The number of nitriles is 1. The van der Waals surface area contributed by atoms with Gasteiger partial charge in [-0.1, -0.05) is 51.1 Å². The number of rotatable bonds is 8. The molecule has 3 aromatic rings. The molecule has 1 atom stereocenters. The van der Waals surface area contributed by atoms with Gasteiger partial charge in [0.2, 0.25) is 5.91 Å². The van der Waals surface area contributed by atoms with Crippen LogP contribution in [0.5, 0.6) is 0 Å². The first-order valence-electron chi connectivity index (χ1n) is 12.8. The number of amides is 2. The van der Waals surface area contributed by atoms with E-state index in [2.05, 4.69) is 21.8 Å². The highest BCUT2D eigenvalue weighted by Crippen LogP contribution is 2.30. The van der Waals surface area contributed by atoms with E-state index < -0.39 is 17.4 Å². The zero-order chi connectivity index (χ0) is 27.4. The summed E-state index contributed by atoms with van der Waals surface area (Å²) >= 11 is 0. The molecule has 1 saturated carbocycles. The van der Waals surface area contributed by atoms with Crippen LogP contribution < -0.4 is 10.6 Å². The average molecular weight is 516 g/mol. The highest BCUT2D eigenvalue weighted by molar-refractivity contribution is 6.06. The number of fused-ring (bicyclic) bond motifs is 1. The predicted molar refractivity (Wildman–Crippen MR) is 142 cm³/mol. The van der Waals surface area contributed by atoms with Crippen LogP contribution in [0.3, 0.4) is 0 Å². The summed E-state index contributed by atoms with van der Waals surface area (Å²) in [6.07, 6.45) is 1.06. The number of hydrogen-bond donors (Lipinski definition) is 2. The molecule has 0 unspecified atom stereocenters. The van der Waals surface area contributed by atoms with Crippen LogP contribution in [0.4, 0.5) is 0 Å². The van der Waals surface area contributed by atoms with Crippen molar-refractivity contribution in [3.63, 3.8) is 0 Å². The van der Waals surface area contributed by atoms with Gasteiger partial charge in [-0.15, -0.1) is 0 Å². The number of carbonyl (C=O) groups excluding carboxylic acids is 3. The first kappa shape index (κ1) is 26.9. The van der Waals surface area contributed by atoms with Crippen LogP contribution in [0.15, 0.2) is 48.5 Å². The summed E-state index contributed by atoms with van der Waals surface area (Å²) < 4.78 is 6.81. The standard InChI is InChI=1S/C29H33N5O4/c1-5-38-28(37)20-14-21(15-20)31-27(36)25(29(2,3)4)32-26(35)24-22-8-6-7-9-23(22)34(33-24)17-19-12-10-18(16-30)11-13-19/h6-13,20-21,25H,5,14-15,17H2,1-4H3,(H,31,36)(H,32,35)/t20?,21?,25-/m1/s1. The Morgan fingerprint density at radius 1 is 1.13 bits per heavy atom. The quantitative estimate of drug-likeness (QED) is 0.442. The van der Waals surface area contributed by atoms with E-state index in [0.29, 0.717) is 36.9 Å². The maximum Gasteiger partial charge on any atom is 0.309 e. The Morgan fingerprint density at radius 2 is 1.82 bits per heavy atom. The van der Waals surface area contributed by atoms with E-state index in [4.69, 9.17) is 10.00 Å². The molecule has 2 amide bonds. The van der Waals surface area contributed by atoms with Crippen molar-refractivity contribution in [3.8, 4) is 6.07 Å². The largest absolute Gasteiger partial charge is 0.466 e. The second-order valence-electron chi connectivity index (χ2n) is 10.7. The molecule has 198 valence electrons. The van der Waals surface area contributed by atoms with Gasteiger partial charge in [0.25, 0.3) is 5.91 Å². The molecule has 1 heterocycles. The molecule has 0 aliphatic heterocycles. The summed E-state index contributed by atoms with van der Waals surface area (Å²) in [6, 6.07) is 15.9. The van der Waals surface area contributed by atoms with Crippen molar-refractivity contribution in [1.82, 2.24) is 20.4 Å². The Balaban J connectivity index is 1.50. The lowest BCUT2D eigenvalue weighted by atomic mass is 9.79. The minimum absolute atomic E-state index is 0.133. The molecule has 9 nitrogen and oxygen atoms in total. The van der Waals surface area contributed by atoms with Crippen molar-refractivity contribution < 1.29 is 19.1 Å². The van der Waals surface area contributed by atoms with Gasteiger partial charge in [-0.05, 0) is 48.9 Å². The molecule has 2 N–H and O–H groups in total. The van der Waals surface area contributed by atoms with Gasteiger partial charge in [-0.3, -0.25) is 19.1 Å². The van der Waals surface area contributed by atoms with Gasteiger partial charge in [0.05, 0.1) is 36.2 Å². The van der Waals surface area contributed by atoms with Crippen LogP contribution in [0, 0.1) is 22.7 Å². The summed E-state index contributed by atoms with van der Waals surface area (Å²) in [5, 5.41) is 20.2.